The van der Waals surface area contributed by atoms with Gasteiger partial charge in [-0.1, -0.05) is 33.1 Å². The molecule has 3 N–H and O–H groups in total. The summed E-state index contributed by atoms with van der Waals surface area (Å²) in [4.78, 5) is 16.9. The molecule has 1 saturated heterocycles. The predicted molar refractivity (Wildman–Crippen MR) is 126 cm³/mol. The topological polar surface area (TPSA) is 66.5 Å². The number of nitrogen functional groups attached to an aromatic ring is 1. The van der Waals surface area contributed by atoms with Gasteiger partial charge in [0.05, 0.1) is 28.8 Å². The molecule has 0 unspecified atom stereocenters. The van der Waals surface area contributed by atoms with E-state index in [1.54, 1.807) is 13.8 Å². The molecule has 2 fully saturated rings. The lowest BCUT2D eigenvalue weighted by molar-refractivity contribution is 0.311. The molecule has 0 radical (unpaired) electrons. The first-order valence-corrected chi connectivity index (χ1v) is 11.2. The molecule has 1 aromatic carbocycles. The van der Waals surface area contributed by atoms with Gasteiger partial charge in [-0.05, 0) is 20.9 Å². The molecule has 1 saturated carbocycles. The van der Waals surface area contributed by atoms with Gasteiger partial charge in [0.1, 0.15) is 6.67 Å². The number of alkyl halides is 1. The standard InChI is InChI=1S/C18H25F2N5O.C3H6.C2H6/c1-11-10-25(5-4-19)17-13(18(11)26)15(22-21)12(2)16(14(17)20)24-8-6-23(3)7-9-24;1-2-3-1;1-2/h10,22H,4-9,21H2,1-3H3;1-3H2;1-2H3. The maximum Gasteiger partial charge on any atom is 0.194 e. The molecule has 2 aliphatic rings. The Kier molecular flexibility index (Phi) is 9.25. The largest absolute Gasteiger partial charge is 0.366 e. The highest BCUT2D eigenvalue weighted by Gasteiger charge is 2.26. The van der Waals surface area contributed by atoms with Gasteiger partial charge >= 0.3 is 0 Å². The molecule has 174 valence electrons. The van der Waals surface area contributed by atoms with Crippen molar-refractivity contribution in [1.82, 2.24) is 9.47 Å². The minimum Gasteiger partial charge on any atom is -0.366 e. The van der Waals surface area contributed by atoms with E-state index in [1.807, 2.05) is 25.8 Å². The van der Waals surface area contributed by atoms with Crippen LogP contribution in [0.25, 0.3) is 10.9 Å². The van der Waals surface area contributed by atoms with Crippen LogP contribution >= 0.6 is 0 Å². The van der Waals surface area contributed by atoms with E-state index in [-0.39, 0.29) is 22.9 Å². The van der Waals surface area contributed by atoms with Gasteiger partial charge < -0.3 is 19.8 Å². The average Bonchev–Trinajstić information content (AvgIpc) is 3.64. The lowest BCUT2D eigenvalue weighted by atomic mass is 10.0. The molecule has 1 aliphatic carbocycles. The number of hydrogen-bond donors (Lipinski definition) is 2. The van der Waals surface area contributed by atoms with Crippen LogP contribution in [-0.4, -0.2) is 49.4 Å². The number of benzene rings is 1. The quantitative estimate of drug-likeness (QED) is 0.560. The molecule has 4 rings (SSSR count). The lowest BCUT2D eigenvalue weighted by Crippen LogP contribution is -2.45. The number of hydrogen-bond acceptors (Lipinski definition) is 5. The highest BCUT2D eigenvalue weighted by molar-refractivity contribution is 5.98. The lowest BCUT2D eigenvalue weighted by Gasteiger charge is -2.36. The molecule has 2 heterocycles. The Labute approximate surface area is 184 Å². The fourth-order valence-electron chi connectivity index (χ4n) is 3.71. The summed E-state index contributed by atoms with van der Waals surface area (Å²) >= 11 is 0. The minimum atomic E-state index is -0.653. The first-order valence-electron chi connectivity index (χ1n) is 11.2. The molecule has 0 bridgehead atoms. The van der Waals surface area contributed by atoms with Crippen LogP contribution in [0.1, 0.15) is 44.2 Å². The summed E-state index contributed by atoms with van der Waals surface area (Å²) in [7, 11) is 2.02. The van der Waals surface area contributed by atoms with Crippen molar-refractivity contribution in [2.75, 3.05) is 50.2 Å². The van der Waals surface area contributed by atoms with Gasteiger partial charge in [-0.15, -0.1) is 0 Å². The Bertz CT molecular complexity index is 931. The maximum atomic E-state index is 15.6. The monoisotopic (exact) mass is 437 g/mol. The zero-order valence-electron chi connectivity index (χ0n) is 19.5. The van der Waals surface area contributed by atoms with Gasteiger partial charge in [-0.2, -0.15) is 0 Å². The number of halogens is 2. The van der Waals surface area contributed by atoms with E-state index < -0.39 is 12.5 Å². The van der Waals surface area contributed by atoms with E-state index in [0.29, 0.717) is 35.6 Å². The van der Waals surface area contributed by atoms with Crippen LogP contribution < -0.4 is 21.6 Å². The van der Waals surface area contributed by atoms with Crippen molar-refractivity contribution in [2.45, 2.75) is 53.5 Å². The second kappa shape index (κ2) is 11.4. The first kappa shape index (κ1) is 25.1. The molecule has 0 atom stereocenters. The molecule has 31 heavy (non-hydrogen) atoms. The van der Waals surface area contributed by atoms with Crippen molar-refractivity contribution < 1.29 is 8.78 Å². The summed E-state index contributed by atoms with van der Waals surface area (Å²) in [5, 5.41) is 0.175. The van der Waals surface area contributed by atoms with Gasteiger partial charge in [0.15, 0.2) is 11.2 Å². The van der Waals surface area contributed by atoms with Gasteiger partial charge in [0, 0.05) is 43.5 Å². The number of piperazine rings is 1. The maximum absolute atomic E-state index is 15.6. The number of nitrogens with zero attached hydrogens (tertiary/aromatic N) is 3. The average molecular weight is 438 g/mol. The van der Waals surface area contributed by atoms with E-state index in [4.69, 9.17) is 5.84 Å². The number of likely N-dealkylation sites (N-methyl/N-ethyl adjacent to an activating group) is 1. The Morgan fingerprint density at radius 2 is 1.68 bits per heavy atom. The number of aromatic nitrogens is 1. The molecule has 2 aromatic rings. The normalized spacial score (nSPS) is 15.7. The summed E-state index contributed by atoms with van der Waals surface area (Å²) in [6, 6.07) is 0. The van der Waals surface area contributed by atoms with Gasteiger partial charge in [0.2, 0.25) is 0 Å². The summed E-state index contributed by atoms with van der Waals surface area (Å²) < 4.78 is 30.1. The third-order valence-corrected chi connectivity index (χ3v) is 5.50. The van der Waals surface area contributed by atoms with Crippen molar-refractivity contribution in [3.8, 4) is 0 Å². The number of hydrazine groups is 1. The van der Waals surface area contributed by atoms with Crippen molar-refractivity contribution in [3.05, 3.63) is 33.4 Å². The van der Waals surface area contributed by atoms with Crippen molar-refractivity contribution in [2.24, 2.45) is 5.84 Å². The fourth-order valence-corrected chi connectivity index (χ4v) is 3.71. The Hall–Kier alpha value is -2.19. The smallest absolute Gasteiger partial charge is 0.194 e. The van der Waals surface area contributed by atoms with E-state index in [2.05, 4.69) is 10.3 Å². The third-order valence-electron chi connectivity index (χ3n) is 5.50. The van der Waals surface area contributed by atoms with E-state index >= 15 is 4.39 Å². The molecular weight excluding hydrogens is 400 g/mol. The van der Waals surface area contributed by atoms with Crippen molar-refractivity contribution >= 4 is 22.3 Å². The van der Waals surface area contributed by atoms with E-state index in [1.165, 1.54) is 30.0 Å². The van der Waals surface area contributed by atoms with Crippen LogP contribution in [0.5, 0.6) is 0 Å². The summed E-state index contributed by atoms with van der Waals surface area (Å²) in [5.41, 5.74) is 4.23. The minimum absolute atomic E-state index is 0.0240. The van der Waals surface area contributed by atoms with Gasteiger partial charge in [-0.3, -0.25) is 10.6 Å². The zero-order valence-corrected chi connectivity index (χ0v) is 19.5. The molecule has 1 aliphatic heterocycles. The third kappa shape index (κ3) is 5.54. The number of aryl methyl sites for hydroxylation is 2. The number of rotatable bonds is 4. The van der Waals surface area contributed by atoms with Crippen LogP contribution in [0.4, 0.5) is 20.2 Å². The van der Waals surface area contributed by atoms with Crippen LogP contribution in [0, 0.1) is 19.7 Å². The number of pyridine rings is 1. The molecule has 0 spiro atoms. The molecular formula is C23H37F2N5O. The highest BCUT2D eigenvalue weighted by Crippen LogP contribution is 2.37. The van der Waals surface area contributed by atoms with Crippen LogP contribution in [0.15, 0.2) is 11.0 Å². The van der Waals surface area contributed by atoms with E-state index in [0.717, 1.165) is 13.1 Å². The number of anilines is 2. The SMILES string of the molecule is C1CC1.CC.Cc1c(N2CCN(C)CC2)c(F)c2c(c1NN)c(=O)c(C)cn2CCF. The van der Waals surface area contributed by atoms with E-state index in [9.17, 15) is 9.18 Å². The Balaban J connectivity index is 0.000000612. The molecule has 6 nitrogen and oxygen atoms in total. The zero-order chi connectivity index (χ0) is 23.1. The number of nitrogens with two attached hydrogens (primary N) is 1. The van der Waals surface area contributed by atoms with Crippen molar-refractivity contribution in [3.63, 3.8) is 0 Å². The van der Waals surface area contributed by atoms with Crippen LogP contribution in [-0.2, 0) is 6.54 Å². The number of nitrogens with one attached hydrogen (secondary N) is 1. The number of fused-ring (bicyclic) bond motifs is 1. The molecule has 8 heteroatoms. The predicted octanol–water partition coefficient (Wildman–Crippen LogP) is 3.96. The van der Waals surface area contributed by atoms with Gasteiger partial charge in [0.25, 0.3) is 0 Å². The summed E-state index contributed by atoms with van der Waals surface area (Å²) in [6.07, 6.45) is 6.01. The summed E-state index contributed by atoms with van der Waals surface area (Å²) in [6.45, 7) is 9.68. The molecule has 0 amide bonds. The summed E-state index contributed by atoms with van der Waals surface area (Å²) in [5.74, 6) is 5.22. The van der Waals surface area contributed by atoms with Crippen molar-refractivity contribution in [1.29, 1.82) is 0 Å². The fraction of sp³-hybridized carbons (Fsp3) is 0.609. The second-order valence-corrected chi connectivity index (χ2v) is 7.91. The van der Waals surface area contributed by atoms with Gasteiger partial charge in [-0.25, -0.2) is 8.78 Å². The van der Waals surface area contributed by atoms with Crippen LogP contribution in [0.3, 0.4) is 0 Å². The second-order valence-electron chi connectivity index (χ2n) is 7.91. The molecule has 1 aromatic heterocycles. The first-order chi connectivity index (χ1) is 14.9. The van der Waals surface area contributed by atoms with Crippen LogP contribution in [0.2, 0.25) is 0 Å². The highest BCUT2D eigenvalue weighted by atomic mass is 19.1. The Morgan fingerprint density at radius 3 is 2.16 bits per heavy atom. The Morgan fingerprint density at radius 1 is 1.10 bits per heavy atom.